The Balaban J connectivity index is 1.47. The van der Waals surface area contributed by atoms with Crippen molar-refractivity contribution in [2.24, 2.45) is 17.8 Å². The number of hydrogen-bond acceptors (Lipinski definition) is 0. The molecule has 0 saturated heterocycles. The minimum Gasteiger partial charge on any atom is -0.0843 e. The van der Waals surface area contributed by atoms with Gasteiger partial charge in [0, 0.05) is 5.02 Å². The van der Waals surface area contributed by atoms with Gasteiger partial charge in [0.2, 0.25) is 0 Å². The average molecular weight is 333 g/mol. The van der Waals surface area contributed by atoms with Crippen LogP contribution in [0, 0.1) is 17.8 Å². The molecule has 1 aromatic carbocycles. The number of rotatable bonds is 6. The molecule has 128 valence electrons. The van der Waals surface area contributed by atoms with Crippen LogP contribution in [0.5, 0.6) is 0 Å². The van der Waals surface area contributed by atoms with Gasteiger partial charge in [0.25, 0.3) is 0 Å². The number of halogens is 1. The van der Waals surface area contributed by atoms with Crippen LogP contribution < -0.4 is 0 Å². The Labute approximate surface area is 148 Å². The van der Waals surface area contributed by atoms with Gasteiger partial charge in [-0.15, -0.1) is 0 Å². The molecule has 1 heteroatoms. The molecule has 1 aromatic rings. The molecule has 3 rings (SSSR count). The zero-order valence-electron chi connectivity index (χ0n) is 14.8. The van der Waals surface area contributed by atoms with E-state index in [2.05, 4.69) is 31.2 Å². The molecule has 0 radical (unpaired) electrons. The van der Waals surface area contributed by atoms with Gasteiger partial charge in [-0.25, -0.2) is 0 Å². The number of benzene rings is 1. The van der Waals surface area contributed by atoms with Gasteiger partial charge in [0.15, 0.2) is 0 Å². The molecular formula is C22H33Cl. The van der Waals surface area contributed by atoms with E-state index in [1.54, 1.807) is 0 Å². The predicted octanol–water partition coefficient (Wildman–Crippen LogP) is 7.61. The van der Waals surface area contributed by atoms with Crippen LogP contribution in [0.3, 0.4) is 0 Å². The molecule has 0 aromatic heterocycles. The zero-order valence-corrected chi connectivity index (χ0v) is 15.5. The van der Waals surface area contributed by atoms with Gasteiger partial charge in [-0.1, -0.05) is 69.2 Å². The second-order valence-corrected chi connectivity index (χ2v) is 8.55. The fraction of sp³-hybridized carbons (Fsp3) is 0.727. The fourth-order valence-electron chi connectivity index (χ4n) is 5.15. The molecule has 0 heterocycles. The Morgan fingerprint density at radius 3 is 2.39 bits per heavy atom. The fourth-order valence-corrected chi connectivity index (χ4v) is 5.27. The maximum absolute atomic E-state index is 6.04. The van der Waals surface area contributed by atoms with Crippen LogP contribution >= 0.6 is 11.6 Å². The van der Waals surface area contributed by atoms with Gasteiger partial charge in [-0.3, -0.25) is 0 Å². The van der Waals surface area contributed by atoms with Crippen molar-refractivity contribution >= 4 is 11.6 Å². The summed E-state index contributed by atoms with van der Waals surface area (Å²) in [6.07, 6.45) is 16.0. The maximum atomic E-state index is 6.04. The molecule has 0 bridgehead atoms. The first kappa shape index (κ1) is 17.3. The van der Waals surface area contributed by atoms with E-state index in [1.807, 2.05) is 0 Å². The average Bonchev–Trinajstić information content (AvgIpc) is 2.59. The van der Waals surface area contributed by atoms with Crippen LogP contribution in [0.15, 0.2) is 24.3 Å². The van der Waals surface area contributed by atoms with Crippen molar-refractivity contribution in [1.29, 1.82) is 0 Å². The second-order valence-electron chi connectivity index (χ2n) is 8.11. The van der Waals surface area contributed by atoms with Crippen LogP contribution in [0.2, 0.25) is 5.02 Å². The lowest BCUT2D eigenvalue weighted by molar-refractivity contribution is 0.113. The monoisotopic (exact) mass is 332 g/mol. The largest absolute Gasteiger partial charge is 0.0843 e. The molecule has 0 spiro atoms. The molecule has 23 heavy (non-hydrogen) atoms. The van der Waals surface area contributed by atoms with Crippen molar-refractivity contribution in [2.75, 3.05) is 0 Å². The molecule has 2 aliphatic rings. The van der Waals surface area contributed by atoms with Crippen LogP contribution in [0.4, 0.5) is 0 Å². The van der Waals surface area contributed by atoms with E-state index in [0.717, 1.165) is 28.7 Å². The summed E-state index contributed by atoms with van der Waals surface area (Å²) in [5, 5.41) is 0.867. The summed E-state index contributed by atoms with van der Waals surface area (Å²) < 4.78 is 0. The highest BCUT2D eigenvalue weighted by atomic mass is 35.5. The Hall–Kier alpha value is -0.490. The summed E-state index contributed by atoms with van der Waals surface area (Å²) in [5.41, 5.74) is 1.52. The highest BCUT2D eigenvalue weighted by molar-refractivity contribution is 6.30. The van der Waals surface area contributed by atoms with Crippen molar-refractivity contribution in [3.05, 3.63) is 34.9 Å². The zero-order chi connectivity index (χ0) is 16.1. The highest BCUT2D eigenvalue weighted by Crippen LogP contribution is 2.48. The number of hydrogen-bond donors (Lipinski definition) is 0. The van der Waals surface area contributed by atoms with Gasteiger partial charge in [0.05, 0.1) is 0 Å². The maximum Gasteiger partial charge on any atom is 0.0406 e. The Kier molecular flexibility index (Phi) is 6.45. The standard InChI is InChI=1S/C22H33Cl/c1-2-3-4-5-6-17-7-8-21-16-20(10-9-19(21)15-17)18-11-13-22(23)14-12-18/h11-14,17,19-21H,2-10,15-16H2,1H3/t17?,19-,20-,21-/m1/s1. The first-order valence-corrected chi connectivity index (χ1v) is 10.4. The molecule has 4 atom stereocenters. The van der Waals surface area contributed by atoms with Crippen LogP contribution in [-0.2, 0) is 0 Å². The lowest BCUT2D eigenvalue weighted by atomic mass is 9.63. The van der Waals surface area contributed by atoms with E-state index >= 15 is 0 Å². The smallest absolute Gasteiger partial charge is 0.0406 e. The third-order valence-corrected chi connectivity index (χ3v) is 6.78. The van der Waals surface area contributed by atoms with E-state index in [-0.39, 0.29) is 0 Å². The Bertz CT molecular complexity index is 463. The first-order valence-electron chi connectivity index (χ1n) is 10.0. The topological polar surface area (TPSA) is 0 Å². The minimum absolute atomic E-state index is 0.787. The second kappa shape index (κ2) is 8.56. The molecule has 0 amide bonds. The molecule has 2 fully saturated rings. The summed E-state index contributed by atoms with van der Waals surface area (Å²) in [4.78, 5) is 0. The predicted molar refractivity (Wildman–Crippen MR) is 101 cm³/mol. The van der Waals surface area contributed by atoms with Gasteiger partial charge in [-0.05, 0) is 73.5 Å². The van der Waals surface area contributed by atoms with Crippen LogP contribution in [-0.4, -0.2) is 0 Å². The Morgan fingerprint density at radius 2 is 1.61 bits per heavy atom. The van der Waals surface area contributed by atoms with Crippen molar-refractivity contribution < 1.29 is 0 Å². The van der Waals surface area contributed by atoms with E-state index in [4.69, 9.17) is 11.6 Å². The molecular weight excluding hydrogens is 300 g/mol. The van der Waals surface area contributed by atoms with Gasteiger partial charge < -0.3 is 0 Å². The quantitative estimate of drug-likeness (QED) is 0.470. The highest BCUT2D eigenvalue weighted by Gasteiger charge is 2.35. The van der Waals surface area contributed by atoms with E-state index in [9.17, 15) is 0 Å². The minimum atomic E-state index is 0.787. The van der Waals surface area contributed by atoms with Gasteiger partial charge >= 0.3 is 0 Å². The van der Waals surface area contributed by atoms with Gasteiger partial charge in [0.1, 0.15) is 0 Å². The Morgan fingerprint density at radius 1 is 0.870 bits per heavy atom. The van der Waals surface area contributed by atoms with Crippen molar-refractivity contribution in [3.63, 3.8) is 0 Å². The van der Waals surface area contributed by atoms with Crippen LogP contribution in [0.25, 0.3) is 0 Å². The molecule has 2 aliphatic carbocycles. The van der Waals surface area contributed by atoms with E-state index in [0.29, 0.717) is 0 Å². The first-order chi connectivity index (χ1) is 11.3. The van der Waals surface area contributed by atoms with Gasteiger partial charge in [-0.2, -0.15) is 0 Å². The van der Waals surface area contributed by atoms with Crippen molar-refractivity contribution in [1.82, 2.24) is 0 Å². The summed E-state index contributed by atoms with van der Waals surface area (Å²) in [6, 6.07) is 8.64. The number of unbranched alkanes of at least 4 members (excludes halogenated alkanes) is 3. The van der Waals surface area contributed by atoms with Crippen molar-refractivity contribution in [3.8, 4) is 0 Å². The third-order valence-electron chi connectivity index (χ3n) is 6.53. The summed E-state index contributed by atoms with van der Waals surface area (Å²) in [5.74, 6) is 3.86. The lowest BCUT2D eigenvalue weighted by Gasteiger charge is -2.42. The van der Waals surface area contributed by atoms with E-state index < -0.39 is 0 Å². The molecule has 1 unspecified atom stereocenters. The normalized spacial score (nSPS) is 30.9. The number of fused-ring (bicyclic) bond motifs is 1. The third kappa shape index (κ3) is 4.75. The summed E-state index contributed by atoms with van der Waals surface area (Å²) >= 11 is 6.04. The lowest BCUT2D eigenvalue weighted by Crippen LogP contribution is -2.30. The SMILES string of the molecule is CCCCCCC1CC[C@@H]2C[C@H](c3ccc(Cl)cc3)CC[C@@H]2C1. The molecule has 0 nitrogen and oxygen atoms in total. The van der Waals surface area contributed by atoms with E-state index in [1.165, 1.54) is 76.2 Å². The van der Waals surface area contributed by atoms with Crippen molar-refractivity contribution in [2.45, 2.75) is 83.5 Å². The molecule has 0 N–H and O–H groups in total. The summed E-state index contributed by atoms with van der Waals surface area (Å²) in [6.45, 7) is 2.31. The molecule has 0 aliphatic heterocycles. The van der Waals surface area contributed by atoms with Crippen LogP contribution in [0.1, 0.15) is 89.0 Å². The summed E-state index contributed by atoms with van der Waals surface area (Å²) in [7, 11) is 0. The molecule has 2 saturated carbocycles.